The molecule has 1 aromatic carbocycles. The van der Waals surface area contributed by atoms with Gasteiger partial charge in [0.2, 0.25) is 5.91 Å². The predicted molar refractivity (Wildman–Crippen MR) is 106 cm³/mol. The zero-order valence-electron chi connectivity index (χ0n) is 16.1. The third kappa shape index (κ3) is 4.00. The van der Waals surface area contributed by atoms with E-state index in [-0.39, 0.29) is 12.0 Å². The van der Waals surface area contributed by atoms with Crippen LogP contribution in [0.15, 0.2) is 42.5 Å². The molecular weight excluding hydrogens is 336 g/mol. The van der Waals surface area contributed by atoms with Gasteiger partial charge in [-0.05, 0) is 55.5 Å². The minimum atomic E-state index is 0.142. The molecule has 2 aromatic rings. The predicted octanol–water partition coefficient (Wildman–Crippen LogP) is 4.53. The minimum Gasteiger partial charge on any atom is -0.497 e. The van der Waals surface area contributed by atoms with Crippen molar-refractivity contribution in [3.05, 3.63) is 59.4 Å². The van der Waals surface area contributed by atoms with Gasteiger partial charge in [-0.1, -0.05) is 31.0 Å². The highest BCUT2D eigenvalue weighted by Crippen LogP contribution is 2.35. The second-order valence-electron chi connectivity index (χ2n) is 7.75. The molecule has 0 unspecified atom stereocenters. The Kier molecular flexibility index (Phi) is 5.42. The Morgan fingerprint density at radius 1 is 1.11 bits per heavy atom. The van der Waals surface area contributed by atoms with Gasteiger partial charge in [-0.2, -0.15) is 0 Å². The third-order valence-corrected chi connectivity index (χ3v) is 5.93. The normalized spacial score (nSPS) is 20.2. The Balaban J connectivity index is 1.51. The number of rotatable bonds is 5. The highest BCUT2D eigenvalue weighted by Gasteiger charge is 2.35. The number of aromatic nitrogens is 1. The van der Waals surface area contributed by atoms with Crippen molar-refractivity contribution in [2.24, 2.45) is 5.92 Å². The molecule has 2 aliphatic rings. The second-order valence-corrected chi connectivity index (χ2v) is 7.75. The zero-order chi connectivity index (χ0) is 18.6. The molecule has 0 bridgehead atoms. The summed E-state index contributed by atoms with van der Waals surface area (Å²) in [5.41, 5.74) is 3.27. The van der Waals surface area contributed by atoms with Gasteiger partial charge in [-0.3, -0.25) is 9.78 Å². The number of methoxy groups -OCH3 is 1. The van der Waals surface area contributed by atoms with E-state index in [0.29, 0.717) is 5.91 Å². The first-order valence-corrected chi connectivity index (χ1v) is 10.1. The van der Waals surface area contributed by atoms with Gasteiger partial charge in [-0.15, -0.1) is 0 Å². The number of pyridine rings is 1. The van der Waals surface area contributed by atoms with E-state index in [1.807, 2.05) is 12.1 Å². The van der Waals surface area contributed by atoms with E-state index >= 15 is 0 Å². The van der Waals surface area contributed by atoms with E-state index in [1.165, 1.54) is 18.4 Å². The summed E-state index contributed by atoms with van der Waals surface area (Å²) in [6.07, 6.45) is 7.39. The van der Waals surface area contributed by atoms with Crippen LogP contribution in [0.5, 0.6) is 5.75 Å². The summed E-state index contributed by atoms with van der Waals surface area (Å²) in [5.74, 6) is 1.47. The van der Waals surface area contributed by atoms with Gasteiger partial charge in [0.1, 0.15) is 5.75 Å². The maximum absolute atomic E-state index is 13.0. The molecule has 1 aliphatic carbocycles. The number of hydrogen-bond donors (Lipinski definition) is 0. The molecule has 142 valence electrons. The second kappa shape index (κ2) is 8.12. The molecule has 0 N–H and O–H groups in total. The molecule has 1 saturated carbocycles. The highest BCUT2D eigenvalue weighted by atomic mass is 16.5. The Morgan fingerprint density at radius 2 is 1.93 bits per heavy atom. The van der Waals surface area contributed by atoms with Gasteiger partial charge in [0, 0.05) is 24.6 Å². The molecule has 4 rings (SSSR count). The standard InChI is InChI=1S/C23H28N2O2/c1-27-20-11-4-7-17(16-20)15-19-10-5-12-21(24-19)22-13-6-14-25(22)23(26)18-8-2-3-9-18/h4-5,7,10-12,16,18,22H,2-3,6,8-9,13-15H2,1H3/t22-/m1/s1. The topological polar surface area (TPSA) is 42.4 Å². The van der Waals surface area contributed by atoms with Crippen LogP contribution in [0, 0.1) is 5.92 Å². The lowest BCUT2D eigenvalue weighted by molar-refractivity contribution is -0.136. The summed E-state index contributed by atoms with van der Waals surface area (Å²) in [5, 5.41) is 0. The van der Waals surface area contributed by atoms with Crippen molar-refractivity contribution in [1.29, 1.82) is 0 Å². The largest absolute Gasteiger partial charge is 0.497 e. The van der Waals surface area contributed by atoms with Crippen LogP contribution in [-0.4, -0.2) is 29.4 Å². The van der Waals surface area contributed by atoms with Crippen molar-refractivity contribution in [3.8, 4) is 5.75 Å². The van der Waals surface area contributed by atoms with Crippen molar-refractivity contribution in [3.63, 3.8) is 0 Å². The fraction of sp³-hybridized carbons (Fsp3) is 0.478. The van der Waals surface area contributed by atoms with Gasteiger partial charge >= 0.3 is 0 Å². The summed E-state index contributed by atoms with van der Waals surface area (Å²) >= 11 is 0. The molecule has 1 amide bonds. The fourth-order valence-electron chi connectivity index (χ4n) is 4.52. The Hall–Kier alpha value is -2.36. The molecule has 1 aromatic heterocycles. The van der Waals surface area contributed by atoms with Crippen LogP contribution in [0.4, 0.5) is 0 Å². The quantitative estimate of drug-likeness (QED) is 0.782. The third-order valence-electron chi connectivity index (χ3n) is 5.93. The Bertz CT molecular complexity index is 798. The summed E-state index contributed by atoms with van der Waals surface area (Å²) in [4.78, 5) is 20.0. The van der Waals surface area contributed by atoms with E-state index in [1.54, 1.807) is 7.11 Å². The van der Waals surface area contributed by atoms with E-state index in [9.17, 15) is 4.79 Å². The van der Waals surface area contributed by atoms with E-state index in [4.69, 9.17) is 9.72 Å². The van der Waals surface area contributed by atoms with Crippen LogP contribution >= 0.6 is 0 Å². The van der Waals surface area contributed by atoms with Gasteiger partial charge in [0.15, 0.2) is 0 Å². The summed E-state index contributed by atoms with van der Waals surface area (Å²) in [7, 11) is 1.69. The van der Waals surface area contributed by atoms with Crippen LogP contribution in [0.1, 0.15) is 61.5 Å². The summed E-state index contributed by atoms with van der Waals surface area (Å²) < 4.78 is 5.32. The van der Waals surface area contributed by atoms with Crippen LogP contribution in [0.3, 0.4) is 0 Å². The molecule has 4 nitrogen and oxygen atoms in total. The van der Waals surface area contributed by atoms with Crippen molar-refractivity contribution in [1.82, 2.24) is 9.88 Å². The number of nitrogens with zero attached hydrogens (tertiary/aromatic N) is 2. The monoisotopic (exact) mass is 364 g/mol. The molecule has 4 heteroatoms. The number of benzene rings is 1. The average molecular weight is 364 g/mol. The molecule has 1 aliphatic heterocycles. The molecular formula is C23H28N2O2. The molecule has 0 radical (unpaired) electrons. The number of ether oxygens (including phenoxy) is 1. The van der Waals surface area contributed by atoms with Crippen molar-refractivity contribution < 1.29 is 9.53 Å². The molecule has 2 heterocycles. The number of likely N-dealkylation sites (tertiary alicyclic amines) is 1. The van der Waals surface area contributed by atoms with Crippen LogP contribution in [0.2, 0.25) is 0 Å². The van der Waals surface area contributed by atoms with Crippen LogP contribution in [-0.2, 0) is 11.2 Å². The maximum Gasteiger partial charge on any atom is 0.226 e. The molecule has 1 saturated heterocycles. The van der Waals surface area contributed by atoms with Crippen LogP contribution < -0.4 is 4.74 Å². The van der Waals surface area contributed by atoms with E-state index in [2.05, 4.69) is 35.2 Å². The number of carbonyl (C=O) groups excluding carboxylic acids is 1. The average Bonchev–Trinajstić information content (AvgIpc) is 3.40. The lowest BCUT2D eigenvalue weighted by Gasteiger charge is -2.27. The Labute approximate surface area is 161 Å². The SMILES string of the molecule is COc1cccc(Cc2cccc([C@H]3CCCN3C(=O)C3CCCC3)n2)c1. The van der Waals surface area contributed by atoms with E-state index in [0.717, 1.165) is 55.8 Å². The summed E-state index contributed by atoms with van der Waals surface area (Å²) in [6, 6.07) is 14.5. The number of amides is 1. The first-order chi connectivity index (χ1) is 13.2. The molecule has 0 spiro atoms. The van der Waals surface area contributed by atoms with Crippen molar-refractivity contribution in [2.45, 2.75) is 51.0 Å². The van der Waals surface area contributed by atoms with Crippen LogP contribution in [0.25, 0.3) is 0 Å². The molecule has 1 atom stereocenters. The lowest BCUT2D eigenvalue weighted by atomic mass is 10.0. The van der Waals surface area contributed by atoms with Gasteiger partial charge in [0.05, 0.1) is 18.8 Å². The van der Waals surface area contributed by atoms with E-state index < -0.39 is 0 Å². The zero-order valence-corrected chi connectivity index (χ0v) is 16.1. The maximum atomic E-state index is 13.0. The van der Waals surface area contributed by atoms with Gasteiger partial charge < -0.3 is 9.64 Å². The minimum absolute atomic E-state index is 0.142. The fourth-order valence-corrected chi connectivity index (χ4v) is 4.52. The smallest absolute Gasteiger partial charge is 0.226 e. The highest BCUT2D eigenvalue weighted by molar-refractivity contribution is 5.79. The van der Waals surface area contributed by atoms with Crippen molar-refractivity contribution in [2.75, 3.05) is 13.7 Å². The summed E-state index contributed by atoms with van der Waals surface area (Å²) in [6.45, 7) is 0.877. The lowest BCUT2D eigenvalue weighted by Crippen LogP contribution is -2.35. The van der Waals surface area contributed by atoms with Gasteiger partial charge in [-0.25, -0.2) is 0 Å². The molecule has 27 heavy (non-hydrogen) atoms. The number of hydrogen-bond acceptors (Lipinski definition) is 3. The van der Waals surface area contributed by atoms with Gasteiger partial charge in [0.25, 0.3) is 0 Å². The van der Waals surface area contributed by atoms with Crippen molar-refractivity contribution >= 4 is 5.91 Å². The molecule has 2 fully saturated rings. The first-order valence-electron chi connectivity index (χ1n) is 10.1. The Morgan fingerprint density at radius 3 is 2.74 bits per heavy atom. The first kappa shape index (κ1) is 18.0. The number of carbonyl (C=O) groups is 1.